The lowest BCUT2D eigenvalue weighted by Crippen LogP contribution is -2.12. The Hall–Kier alpha value is -2.44. The van der Waals surface area contributed by atoms with Gasteiger partial charge in [0.1, 0.15) is 5.75 Å². The van der Waals surface area contributed by atoms with Crippen LogP contribution < -0.4 is 10.1 Å². The van der Waals surface area contributed by atoms with E-state index in [2.05, 4.69) is 15.3 Å². The lowest BCUT2D eigenvalue weighted by Gasteiger charge is -2.07. The van der Waals surface area contributed by atoms with Gasteiger partial charge in [0.15, 0.2) is 0 Å². The summed E-state index contributed by atoms with van der Waals surface area (Å²) in [5.74, 6) is 0.494. The molecule has 1 aromatic carbocycles. The van der Waals surface area contributed by atoms with Gasteiger partial charge in [0.2, 0.25) is 5.91 Å². The molecule has 0 aliphatic carbocycles. The van der Waals surface area contributed by atoms with E-state index in [0.29, 0.717) is 29.3 Å². The number of halogens is 1. The van der Waals surface area contributed by atoms with E-state index in [-0.39, 0.29) is 5.91 Å². The van der Waals surface area contributed by atoms with E-state index >= 15 is 0 Å². The predicted molar refractivity (Wildman–Crippen MR) is 100 cm³/mol. The summed E-state index contributed by atoms with van der Waals surface area (Å²) in [5, 5.41) is 6.21. The number of pyridine rings is 1. The van der Waals surface area contributed by atoms with Gasteiger partial charge in [0.25, 0.3) is 0 Å². The number of methoxy groups -OCH3 is 1. The maximum absolute atomic E-state index is 12.1. The average Bonchev–Trinajstić information content (AvgIpc) is 3.10. The van der Waals surface area contributed by atoms with E-state index in [1.54, 1.807) is 49.0 Å². The molecular weight excluding hydrogens is 358 g/mol. The number of amides is 1. The highest BCUT2D eigenvalue weighted by Crippen LogP contribution is 2.27. The first-order valence-electron chi connectivity index (χ1n) is 7.64. The molecular formula is C18H16ClN3O2S. The zero-order valence-electron chi connectivity index (χ0n) is 13.5. The molecule has 3 aromatic rings. The molecule has 0 radical (unpaired) electrons. The van der Waals surface area contributed by atoms with Gasteiger partial charge in [-0.25, -0.2) is 4.98 Å². The number of hydrogen-bond acceptors (Lipinski definition) is 5. The normalized spacial score (nSPS) is 10.5. The van der Waals surface area contributed by atoms with Crippen molar-refractivity contribution in [2.24, 2.45) is 0 Å². The van der Waals surface area contributed by atoms with Crippen LogP contribution in [0.15, 0.2) is 48.1 Å². The minimum Gasteiger partial charge on any atom is -0.495 e. The molecule has 0 bridgehead atoms. The number of benzene rings is 1. The number of nitrogens with one attached hydrogen (secondary N) is 1. The van der Waals surface area contributed by atoms with E-state index in [9.17, 15) is 4.79 Å². The number of ether oxygens (including phenoxy) is 1. The smallest absolute Gasteiger partial charge is 0.224 e. The second-order valence-corrected chi connectivity index (χ2v) is 6.61. The molecule has 0 aliphatic rings. The third-order valence-electron chi connectivity index (χ3n) is 3.53. The van der Waals surface area contributed by atoms with Crippen LogP contribution in [0.1, 0.15) is 11.4 Å². The van der Waals surface area contributed by atoms with Gasteiger partial charge in [-0.3, -0.25) is 9.78 Å². The molecule has 0 unspecified atom stereocenters. The number of rotatable bonds is 6. The molecule has 2 heterocycles. The van der Waals surface area contributed by atoms with Gasteiger partial charge in [-0.05, 0) is 30.3 Å². The van der Waals surface area contributed by atoms with Crippen LogP contribution in [0.2, 0.25) is 5.02 Å². The summed E-state index contributed by atoms with van der Waals surface area (Å²) in [7, 11) is 1.55. The van der Waals surface area contributed by atoms with Crippen molar-refractivity contribution in [3.8, 4) is 17.0 Å². The molecule has 2 aromatic heterocycles. The third-order valence-corrected chi connectivity index (χ3v) is 4.73. The van der Waals surface area contributed by atoms with Crippen molar-refractivity contribution in [1.82, 2.24) is 9.97 Å². The monoisotopic (exact) mass is 373 g/mol. The van der Waals surface area contributed by atoms with E-state index in [0.717, 1.165) is 16.3 Å². The number of thiazole rings is 1. The van der Waals surface area contributed by atoms with Gasteiger partial charge in [-0.15, -0.1) is 11.3 Å². The van der Waals surface area contributed by atoms with Crippen LogP contribution in [-0.4, -0.2) is 23.0 Å². The number of anilines is 1. The molecule has 0 fully saturated rings. The van der Waals surface area contributed by atoms with Gasteiger partial charge >= 0.3 is 0 Å². The van der Waals surface area contributed by atoms with E-state index < -0.39 is 0 Å². The van der Waals surface area contributed by atoms with Gasteiger partial charge < -0.3 is 10.1 Å². The van der Waals surface area contributed by atoms with Gasteiger partial charge in [-0.1, -0.05) is 11.6 Å². The fourth-order valence-electron chi connectivity index (χ4n) is 2.27. The number of carbonyl (C=O) groups is 1. The van der Waals surface area contributed by atoms with Crippen molar-refractivity contribution >= 4 is 34.5 Å². The Balaban J connectivity index is 1.56. The Kier molecular flexibility index (Phi) is 5.63. The molecule has 0 saturated carbocycles. The lowest BCUT2D eigenvalue weighted by molar-refractivity contribution is -0.116. The molecule has 1 N–H and O–H groups in total. The van der Waals surface area contributed by atoms with Gasteiger partial charge in [0, 0.05) is 41.9 Å². The lowest BCUT2D eigenvalue weighted by atomic mass is 10.2. The molecule has 0 saturated heterocycles. The summed E-state index contributed by atoms with van der Waals surface area (Å²) >= 11 is 7.61. The predicted octanol–water partition coefficient (Wildman–Crippen LogP) is 4.44. The molecule has 0 aliphatic heterocycles. The van der Waals surface area contributed by atoms with Crippen molar-refractivity contribution in [2.45, 2.75) is 12.8 Å². The Morgan fingerprint density at radius 2 is 2.08 bits per heavy atom. The van der Waals surface area contributed by atoms with Crippen LogP contribution in [0, 0.1) is 0 Å². The van der Waals surface area contributed by atoms with Gasteiger partial charge in [0.05, 0.1) is 22.8 Å². The van der Waals surface area contributed by atoms with E-state index in [1.807, 2.05) is 17.5 Å². The van der Waals surface area contributed by atoms with Crippen molar-refractivity contribution in [2.75, 3.05) is 12.4 Å². The highest BCUT2D eigenvalue weighted by molar-refractivity contribution is 7.09. The molecule has 5 nitrogen and oxygen atoms in total. The van der Waals surface area contributed by atoms with Crippen LogP contribution >= 0.6 is 22.9 Å². The molecule has 128 valence electrons. The fourth-order valence-corrected chi connectivity index (χ4v) is 3.33. The Morgan fingerprint density at radius 3 is 2.80 bits per heavy atom. The first-order valence-corrected chi connectivity index (χ1v) is 8.89. The summed E-state index contributed by atoms with van der Waals surface area (Å²) in [6.07, 6.45) is 4.42. The van der Waals surface area contributed by atoms with Crippen molar-refractivity contribution in [3.05, 3.63) is 58.1 Å². The highest BCUT2D eigenvalue weighted by atomic mass is 35.5. The number of aryl methyl sites for hydroxylation is 1. The minimum absolute atomic E-state index is 0.0816. The molecule has 3 rings (SSSR count). The first kappa shape index (κ1) is 17.4. The SMILES string of the molecule is COc1ccc(NC(=O)CCc2nc(-c3ccncc3)cs2)cc1Cl. The van der Waals surface area contributed by atoms with Crippen LogP contribution in [0.25, 0.3) is 11.3 Å². The molecule has 0 spiro atoms. The number of aromatic nitrogens is 2. The summed E-state index contributed by atoms with van der Waals surface area (Å²) in [4.78, 5) is 20.7. The van der Waals surface area contributed by atoms with Crippen LogP contribution in [0.3, 0.4) is 0 Å². The van der Waals surface area contributed by atoms with E-state index in [4.69, 9.17) is 16.3 Å². The minimum atomic E-state index is -0.0816. The number of nitrogens with zero attached hydrogens (tertiary/aromatic N) is 2. The van der Waals surface area contributed by atoms with Crippen LogP contribution in [0.5, 0.6) is 5.75 Å². The van der Waals surface area contributed by atoms with Crippen molar-refractivity contribution in [1.29, 1.82) is 0 Å². The fraction of sp³-hybridized carbons (Fsp3) is 0.167. The molecule has 25 heavy (non-hydrogen) atoms. The zero-order chi connectivity index (χ0) is 17.6. The quantitative estimate of drug-likeness (QED) is 0.693. The summed E-state index contributed by atoms with van der Waals surface area (Å²) in [6, 6.07) is 8.98. The third kappa shape index (κ3) is 4.55. The maximum Gasteiger partial charge on any atom is 0.224 e. The standard InChI is InChI=1S/C18H16ClN3O2S/c1-24-16-3-2-13(10-14(16)19)21-17(23)4-5-18-22-15(11-25-18)12-6-8-20-9-7-12/h2-3,6-11H,4-5H2,1H3,(H,21,23). The van der Waals surface area contributed by atoms with Crippen LogP contribution in [-0.2, 0) is 11.2 Å². The molecule has 7 heteroatoms. The van der Waals surface area contributed by atoms with Crippen molar-refractivity contribution in [3.63, 3.8) is 0 Å². The summed E-state index contributed by atoms with van der Waals surface area (Å²) in [5.41, 5.74) is 2.58. The Labute approximate surface area is 154 Å². The first-order chi connectivity index (χ1) is 12.2. The summed E-state index contributed by atoms with van der Waals surface area (Å²) < 4.78 is 5.09. The average molecular weight is 374 g/mol. The highest BCUT2D eigenvalue weighted by Gasteiger charge is 2.09. The zero-order valence-corrected chi connectivity index (χ0v) is 15.1. The number of hydrogen-bond donors (Lipinski definition) is 1. The van der Waals surface area contributed by atoms with Gasteiger partial charge in [-0.2, -0.15) is 0 Å². The van der Waals surface area contributed by atoms with E-state index in [1.165, 1.54) is 0 Å². The van der Waals surface area contributed by atoms with Crippen LogP contribution in [0.4, 0.5) is 5.69 Å². The van der Waals surface area contributed by atoms with Crippen molar-refractivity contribution < 1.29 is 9.53 Å². The molecule has 0 atom stereocenters. The largest absolute Gasteiger partial charge is 0.495 e. The maximum atomic E-state index is 12.1. The Morgan fingerprint density at radius 1 is 1.28 bits per heavy atom. The number of carbonyl (C=O) groups excluding carboxylic acids is 1. The molecule has 1 amide bonds. The second-order valence-electron chi connectivity index (χ2n) is 5.26. The second kappa shape index (κ2) is 8.09. The Bertz CT molecular complexity index is 868. The summed E-state index contributed by atoms with van der Waals surface area (Å²) in [6.45, 7) is 0. The topological polar surface area (TPSA) is 64.1 Å².